The lowest BCUT2D eigenvalue weighted by Crippen LogP contribution is -2.46. The molecule has 1 fully saturated rings. The fourth-order valence-corrected chi connectivity index (χ4v) is 3.17. The number of nitrogens with zero attached hydrogens (tertiary/aromatic N) is 4. The Balaban J connectivity index is 1.82. The van der Waals surface area contributed by atoms with Gasteiger partial charge in [0.25, 0.3) is 5.69 Å². The van der Waals surface area contributed by atoms with E-state index >= 15 is 0 Å². The summed E-state index contributed by atoms with van der Waals surface area (Å²) in [5, 5.41) is 11.8. The predicted molar refractivity (Wildman–Crippen MR) is 95.9 cm³/mol. The molecule has 0 atom stereocenters. The summed E-state index contributed by atoms with van der Waals surface area (Å²) in [6.45, 7) is 2.64. The number of furan rings is 1. The molecule has 0 spiro atoms. The van der Waals surface area contributed by atoms with Crippen LogP contribution in [0.3, 0.4) is 0 Å². The van der Waals surface area contributed by atoms with E-state index in [0.717, 1.165) is 17.8 Å². The molecule has 4 rings (SSSR count). The molecule has 8 nitrogen and oxygen atoms in total. The average Bonchev–Trinajstić information content (AvgIpc) is 3.21. The van der Waals surface area contributed by atoms with Gasteiger partial charge >= 0.3 is 0 Å². The quantitative estimate of drug-likeness (QED) is 0.407. The van der Waals surface area contributed by atoms with Crippen LogP contribution >= 0.6 is 0 Å². The molecule has 0 radical (unpaired) electrons. The van der Waals surface area contributed by atoms with Crippen molar-refractivity contribution in [1.82, 2.24) is 9.88 Å². The zero-order valence-corrected chi connectivity index (χ0v) is 13.9. The van der Waals surface area contributed by atoms with Gasteiger partial charge in [0.2, 0.25) is 6.41 Å². The fourth-order valence-electron chi connectivity index (χ4n) is 3.17. The van der Waals surface area contributed by atoms with Crippen LogP contribution < -0.4 is 4.90 Å². The van der Waals surface area contributed by atoms with Crippen molar-refractivity contribution in [2.45, 2.75) is 0 Å². The number of carbonyl (C=O) groups excluding carboxylic acids is 1. The monoisotopic (exact) mass is 352 g/mol. The van der Waals surface area contributed by atoms with Gasteiger partial charge in [-0.05, 0) is 24.3 Å². The van der Waals surface area contributed by atoms with Crippen LogP contribution in [0, 0.1) is 10.1 Å². The average molecular weight is 352 g/mol. The van der Waals surface area contributed by atoms with E-state index in [1.54, 1.807) is 23.3 Å². The number of rotatable bonds is 4. The Morgan fingerprint density at radius 1 is 1.15 bits per heavy atom. The van der Waals surface area contributed by atoms with E-state index in [2.05, 4.69) is 9.88 Å². The first kappa shape index (κ1) is 16.1. The van der Waals surface area contributed by atoms with Gasteiger partial charge < -0.3 is 14.2 Å². The van der Waals surface area contributed by atoms with Gasteiger partial charge in [-0.3, -0.25) is 14.9 Å². The van der Waals surface area contributed by atoms with Gasteiger partial charge in [0.05, 0.1) is 16.7 Å². The molecule has 0 N–H and O–H groups in total. The van der Waals surface area contributed by atoms with Crippen molar-refractivity contribution in [3.05, 3.63) is 52.8 Å². The standard InChI is InChI=1S/C18H16N4O4/c23-12-20-5-7-21(8-6-20)18-11-15(17-2-1-9-26-17)14-10-13(22(24)25)3-4-16(14)19-18/h1-4,9-12H,5-8H2. The van der Waals surface area contributed by atoms with Gasteiger partial charge in [0.1, 0.15) is 11.6 Å². The van der Waals surface area contributed by atoms with Crippen LogP contribution in [0.5, 0.6) is 0 Å². The Hall–Kier alpha value is -3.42. The van der Waals surface area contributed by atoms with Crippen LogP contribution in [0.4, 0.5) is 11.5 Å². The van der Waals surface area contributed by atoms with E-state index in [1.165, 1.54) is 12.1 Å². The molecule has 132 valence electrons. The number of hydrogen-bond acceptors (Lipinski definition) is 6. The van der Waals surface area contributed by atoms with Gasteiger partial charge in [0, 0.05) is 49.3 Å². The second kappa shape index (κ2) is 6.47. The maximum absolute atomic E-state index is 11.1. The Morgan fingerprint density at radius 3 is 2.62 bits per heavy atom. The highest BCUT2D eigenvalue weighted by Crippen LogP contribution is 2.34. The number of benzene rings is 1. The molecule has 1 amide bonds. The molecule has 0 saturated carbocycles. The number of non-ortho nitro benzene ring substituents is 1. The SMILES string of the molecule is O=CN1CCN(c2cc(-c3ccco3)c3cc([N+](=O)[O-])ccc3n2)CC1. The lowest BCUT2D eigenvalue weighted by Gasteiger charge is -2.33. The Morgan fingerprint density at radius 2 is 1.96 bits per heavy atom. The molecule has 0 unspecified atom stereocenters. The largest absolute Gasteiger partial charge is 0.464 e. The zero-order chi connectivity index (χ0) is 18.1. The van der Waals surface area contributed by atoms with Crippen LogP contribution in [-0.2, 0) is 4.79 Å². The smallest absolute Gasteiger partial charge is 0.270 e. The molecule has 1 aliphatic heterocycles. The fraction of sp³-hybridized carbons (Fsp3) is 0.222. The normalized spacial score (nSPS) is 14.6. The minimum absolute atomic E-state index is 0.0134. The molecule has 0 aliphatic carbocycles. The van der Waals surface area contributed by atoms with Gasteiger partial charge in [-0.1, -0.05) is 0 Å². The minimum Gasteiger partial charge on any atom is -0.464 e. The molecular formula is C18H16N4O4. The molecule has 8 heteroatoms. The molecule has 26 heavy (non-hydrogen) atoms. The van der Waals surface area contributed by atoms with E-state index in [1.807, 2.05) is 12.1 Å². The second-order valence-corrected chi connectivity index (χ2v) is 6.09. The Kier molecular flexibility index (Phi) is 4.00. The first-order valence-electron chi connectivity index (χ1n) is 8.23. The van der Waals surface area contributed by atoms with Crippen LogP contribution in [0.25, 0.3) is 22.2 Å². The molecule has 1 aliphatic rings. The van der Waals surface area contributed by atoms with E-state index in [0.29, 0.717) is 42.8 Å². The van der Waals surface area contributed by atoms with Gasteiger partial charge in [-0.2, -0.15) is 0 Å². The number of piperazine rings is 1. The van der Waals surface area contributed by atoms with Crippen LogP contribution in [0.2, 0.25) is 0 Å². The number of pyridine rings is 1. The van der Waals surface area contributed by atoms with Gasteiger partial charge in [-0.25, -0.2) is 4.98 Å². The maximum Gasteiger partial charge on any atom is 0.270 e. The first-order chi connectivity index (χ1) is 12.7. The summed E-state index contributed by atoms with van der Waals surface area (Å²) in [6, 6.07) is 10.1. The summed E-state index contributed by atoms with van der Waals surface area (Å²) in [5.74, 6) is 1.40. The van der Waals surface area contributed by atoms with E-state index in [9.17, 15) is 14.9 Å². The summed E-state index contributed by atoms with van der Waals surface area (Å²) in [7, 11) is 0. The van der Waals surface area contributed by atoms with Crippen molar-refractivity contribution < 1.29 is 14.1 Å². The van der Waals surface area contributed by atoms with E-state index < -0.39 is 4.92 Å². The number of nitro benzene ring substituents is 1. The second-order valence-electron chi connectivity index (χ2n) is 6.09. The summed E-state index contributed by atoms with van der Waals surface area (Å²) in [5.41, 5.74) is 1.44. The Labute approximate surface area is 148 Å². The third-order valence-electron chi connectivity index (χ3n) is 4.56. The molecule has 3 heterocycles. The molecule has 1 aromatic carbocycles. The minimum atomic E-state index is -0.419. The van der Waals surface area contributed by atoms with Crippen molar-refractivity contribution >= 4 is 28.8 Å². The lowest BCUT2D eigenvalue weighted by molar-refractivity contribution is -0.384. The third kappa shape index (κ3) is 2.85. The number of anilines is 1. The molecule has 1 saturated heterocycles. The van der Waals surface area contributed by atoms with E-state index in [-0.39, 0.29) is 5.69 Å². The molecule has 3 aromatic rings. The maximum atomic E-state index is 11.1. The number of carbonyl (C=O) groups is 1. The van der Waals surface area contributed by atoms with Gasteiger partial charge in [0.15, 0.2) is 0 Å². The van der Waals surface area contributed by atoms with Crippen LogP contribution in [0.15, 0.2) is 47.1 Å². The molecular weight excluding hydrogens is 336 g/mol. The van der Waals surface area contributed by atoms with Crippen molar-refractivity contribution in [3.8, 4) is 11.3 Å². The highest BCUT2D eigenvalue weighted by Gasteiger charge is 2.20. The van der Waals surface area contributed by atoms with Crippen molar-refractivity contribution in [3.63, 3.8) is 0 Å². The highest BCUT2D eigenvalue weighted by molar-refractivity contribution is 5.96. The number of hydrogen-bond donors (Lipinski definition) is 0. The topological polar surface area (TPSA) is 92.7 Å². The van der Waals surface area contributed by atoms with Crippen molar-refractivity contribution in [1.29, 1.82) is 0 Å². The summed E-state index contributed by atoms with van der Waals surface area (Å²) in [6.07, 6.45) is 2.43. The number of aromatic nitrogens is 1. The van der Waals surface area contributed by atoms with Crippen molar-refractivity contribution in [2.75, 3.05) is 31.1 Å². The van der Waals surface area contributed by atoms with E-state index in [4.69, 9.17) is 4.42 Å². The summed E-state index contributed by atoms with van der Waals surface area (Å²) in [4.78, 5) is 30.1. The molecule has 0 bridgehead atoms. The molecule has 2 aromatic heterocycles. The van der Waals surface area contributed by atoms with Crippen molar-refractivity contribution in [2.24, 2.45) is 0 Å². The Bertz CT molecular complexity index is 963. The van der Waals surface area contributed by atoms with Crippen LogP contribution in [-0.4, -0.2) is 47.4 Å². The lowest BCUT2D eigenvalue weighted by atomic mass is 10.1. The number of nitro groups is 1. The first-order valence-corrected chi connectivity index (χ1v) is 8.23. The van der Waals surface area contributed by atoms with Crippen LogP contribution in [0.1, 0.15) is 0 Å². The number of amides is 1. The third-order valence-corrected chi connectivity index (χ3v) is 4.56. The summed E-state index contributed by atoms with van der Waals surface area (Å²) < 4.78 is 5.53. The van der Waals surface area contributed by atoms with Gasteiger partial charge in [-0.15, -0.1) is 0 Å². The zero-order valence-electron chi connectivity index (χ0n) is 13.9. The highest BCUT2D eigenvalue weighted by atomic mass is 16.6. The summed E-state index contributed by atoms with van der Waals surface area (Å²) >= 11 is 0. The number of fused-ring (bicyclic) bond motifs is 1. The predicted octanol–water partition coefficient (Wildman–Crippen LogP) is 2.68.